The first-order valence-electron chi connectivity index (χ1n) is 3.84. The second kappa shape index (κ2) is 3.25. The van der Waals surface area contributed by atoms with E-state index in [0.29, 0.717) is 0 Å². The van der Waals surface area contributed by atoms with Crippen LogP contribution in [-0.4, -0.2) is 4.57 Å². The van der Waals surface area contributed by atoms with Gasteiger partial charge in [-0.1, -0.05) is 13.3 Å². The summed E-state index contributed by atoms with van der Waals surface area (Å²) in [5, 5.41) is 8.63. The van der Waals surface area contributed by atoms with Crippen molar-refractivity contribution in [1.82, 2.24) is 4.57 Å². The Balaban J connectivity index is 2.93. The molecule has 1 rings (SSSR count). The van der Waals surface area contributed by atoms with Crippen LogP contribution in [0.15, 0.2) is 12.1 Å². The molecule has 0 fully saturated rings. The second-order valence-electron chi connectivity index (χ2n) is 2.63. The van der Waals surface area contributed by atoms with Crippen LogP contribution in [0.4, 0.5) is 0 Å². The minimum atomic E-state index is 0.744. The number of rotatable bonds is 2. The maximum atomic E-state index is 8.63. The highest BCUT2D eigenvalue weighted by atomic mass is 14.9. The van der Waals surface area contributed by atoms with Crippen molar-refractivity contribution in [3.05, 3.63) is 23.5 Å². The van der Waals surface area contributed by atoms with Gasteiger partial charge < -0.3 is 4.57 Å². The van der Waals surface area contributed by atoms with Crippen LogP contribution in [0.2, 0.25) is 0 Å². The van der Waals surface area contributed by atoms with E-state index in [0.717, 1.165) is 18.5 Å². The van der Waals surface area contributed by atoms with Crippen molar-refractivity contribution in [2.75, 3.05) is 0 Å². The maximum Gasteiger partial charge on any atom is 0.120 e. The van der Waals surface area contributed by atoms with Crippen LogP contribution < -0.4 is 0 Å². The van der Waals surface area contributed by atoms with Crippen molar-refractivity contribution in [2.24, 2.45) is 7.05 Å². The summed E-state index contributed by atoms with van der Waals surface area (Å²) in [7, 11) is 1.93. The van der Waals surface area contributed by atoms with E-state index in [1.165, 1.54) is 5.69 Å². The largest absolute Gasteiger partial charge is 0.340 e. The molecule has 0 bridgehead atoms. The molecule has 2 heteroatoms. The molecule has 0 unspecified atom stereocenters. The molecule has 0 aliphatic carbocycles. The highest BCUT2D eigenvalue weighted by molar-refractivity contribution is 5.26. The van der Waals surface area contributed by atoms with Gasteiger partial charge in [0.05, 0.1) is 0 Å². The van der Waals surface area contributed by atoms with E-state index in [-0.39, 0.29) is 0 Å². The second-order valence-corrected chi connectivity index (χ2v) is 2.63. The normalized spacial score (nSPS) is 9.55. The van der Waals surface area contributed by atoms with Gasteiger partial charge in [0.25, 0.3) is 0 Å². The zero-order valence-corrected chi connectivity index (χ0v) is 6.96. The van der Waals surface area contributed by atoms with Crippen LogP contribution >= 0.6 is 0 Å². The van der Waals surface area contributed by atoms with Gasteiger partial charge in [-0.2, -0.15) is 5.26 Å². The van der Waals surface area contributed by atoms with Crippen molar-refractivity contribution in [3.8, 4) is 6.07 Å². The summed E-state index contributed by atoms with van der Waals surface area (Å²) < 4.78 is 1.95. The van der Waals surface area contributed by atoms with Gasteiger partial charge in [0.1, 0.15) is 11.8 Å². The van der Waals surface area contributed by atoms with Gasteiger partial charge in [-0.3, -0.25) is 0 Å². The molecule has 58 valence electrons. The molecule has 11 heavy (non-hydrogen) atoms. The van der Waals surface area contributed by atoms with Crippen LogP contribution in [0, 0.1) is 11.3 Å². The van der Waals surface area contributed by atoms with Crippen molar-refractivity contribution in [1.29, 1.82) is 5.26 Å². The zero-order valence-electron chi connectivity index (χ0n) is 6.96. The summed E-state index contributed by atoms with van der Waals surface area (Å²) >= 11 is 0. The predicted octanol–water partition coefficient (Wildman–Crippen LogP) is 1.85. The van der Waals surface area contributed by atoms with Gasteiger partial charge in [0.15, 0.2) is 0 Å². The first-order chi connectivity index (χ1) is 5.29. The SMILES string of the molecule is CCCc1ccc(C#N)n1C. The van der Waals surface area contributed by atoms with Crippen LogP contribution in [0.1, 0.15) is 24.7 Å². The Morgan fingerprint density at radius 2 is 2.27 bits per heavy atom. The van der Waals surface area contributed by atoms with E-state index in [4.69, 9.17) is 5.26 Å². The van der Waals surface area contributed by atoms with Crippen LogP contribution in [0.25, 0.3) is 0 Å². The molecule has 2 nitrogen and oxygen atoms in total. The molecule has 0 aliphatic heterocycles. The Hall–Kier alpha value is -1.23. The van der Waals surface area contributed by atoms with E-state index in [1.54, 1.807) is 0 Å². The van der Waals surface area contributed by atoms with Crippen molar-refractivity contribution < 1.29 is 0 Å². The lowest BCUT2D eigenvalue weighted by atomic mass is 10.2. The number of hydrogen-bond donors (Lipinski definition) is 0. The predicted molar refractivity (Wildman–Crippen MR) is 44.1 cm³/mol. The zero-order chi connectivity index (χ0) is 8.27. The topological polar surface area (TPSA) is 28.7 Å². The summed E-state index contributed by atoms with van der Waals surface area (Å²) in [5.41, 5.74) is 1.98. The molecule has 0 N–H and O–H groups in total. The Morgan fingerprint density at radius 3 is 2.73 bits per heavy atom. The van der Waals surface area contributed by atoms with Gasteiger partial charge >= 0.3 is 0 Å². The summed E-state index contributed by atoms with van der Waals surface area (Å²) in [5.74, 6) is 0. The Morgan fingerprint density at radius 1 is 1.55 bits per heavy atom. The third-order valence-electron chi connectivity index (χ3n) is 1.85. The first kappa shape index (κ1) is 7.87. The minimum absolute atomic E-state index is 0.744. The highest BCUT2D eigenvalue weighted by Crippen LogP contribution is 2.07. The molecule has 1 aromatic rings. The van der Waals surface area contributed by atoms with Crippen molar-refractivity contribution in [3.63, 3.8) is 0 Å². The van der Waals surface area contributed by atoms with Gasteiger partial charge in [-0.15, -0.1) is 0 Å². The van der Waals surface area contributed by atoms with Crippen LogP contribution in [0.5, 0.6) is 0 Å². The molecule has 1 heterocycles. The fourth-order valence-electron chi connectivity index (χ4n) is 1.17. The Kier molecular flexibility index (Phi) is 2.32. The maximum absolute atomic E-state index is 8.63. The van der Waals surface area contributed by atoms with Gasteiger partial charge in [-0.05, 0) is 18.6 Å². The highest BCUT2D eigenvalue weighted by Gasteiger charge is 2.00. The molecule has 0 spiro atoms. The number of nitrogens with zero attached hydrogens (tertiary/aromatic N) is 2. The summed E-state index contributed by atoms with van der Waals surface area (Å²) in [6.45, 7) is 2.14. The smallest absolute Gasteiger partial charge is 0.120 e. The van der Waals surface area contributed by atoms with Gasteiger partial charge in [0.2, 0.25) is 0 Å². The molecule has 0 radical (unpaired) electrons. The molecule has 0 amide bonds. The molecular weight excluding hydrogens is 136 g/mol. The molecule has 0 atom stereocenters. The molecule has 0 saturated heterocycles. The van der Waals surface area contributed by atoms with E-state index in [9.17, 15) is 0 Å². The molecular formula is C9H12N2. The quantitative estimate of drug-likeness (QED) is 0.629. The van der Waals surface area contributed by atoms with Gasteiger partial charge in [0, 0.05) is 12.7 Å². The van der Waals surface area contributed by atoms with Crippen molar-refractivity contribution in [2.45, 2.75) is 19.8 Å². The van der Waals surface area contributed by atoms with Crippen molar-refractivity contribution >= 4 is 0 Å². The lowest BCUT2D eigenvalue weighted by Gasteiger charge is -2.00. The van der Waals surface area contributed by atoms with Crippen LogP contribution in [0.3, 0.4) is 0 Å². The molecule has 0 aliphatic rings. The summed E-state index contributed by atoms with van der Waals surface area (Å²) in [6.07, 6.45) is 2.18. The third kappa shape index (κ3) is 1.43. The number of aryl methyl sites for hydroxylation is 1. The summed E-state index contributed by atoms with van der Waals surface area (Å²) in [6, 6.07) is 6.02. The average Bonchev–Trinajstić information content (AvgIpc) is 2.34. The molecule has 1 aromatic heterocycles. The third-order valence-corrected chi connectivity index (χ3v) is 1.85. The van der Waals surface area contributed by atoms with Crippen LogP contribution in [-0.2, 0) is 13.5 Å². The molecule has 0 saturated carbocycles. The number of nitriles is 1. The first-order valence-corrected chi connectivity index (χ1v) is 3.84. The van der Waals surface area contributed by atoms with E-state index >= 15 is 0 Å². The number of hydrogen-bond acceptors (Lipinski definition) is 1. The Bertz CT molecular complexity index is 278. The number of aromatic nitrogens is 1. The van der Waals surface area contributed by atoms with E-state index in [1.807, 2.05) is 23.7 Å². The monoisotopic (exact) mass is 148 g/mol. The standard InChI is InChI=1S/C9H12N2/c1-3-4-8-5-6-9(7-10)11(8)2/h5-6H,3-4H2,1-2H3. The minimum Gasteiger partial charge on any atom is -0.340 e. The average molecular weight is 148 g/mol. The molecule has 0 aromatic carbocycles. The lowest BCUT2D eigenvalue weighted by molar-refractivity contribution is 0.779. The lowest BCUT2D eigenvalue weighted by Crippen LogP contribution is -1.97. The summed E-state index contributed by atoms with van der Waals surface area (Å²) in [4.78, 5) is 0. The van der Waals surface area contributed by atoms with Gasteiger partial charge in [-0.25, -0.2) is 0 Å². The fraction of sp³-hybridized carbons (Fsp3) is 0.444. The van der Waals surface area contributed by atoms with E-state index < -0.39 is 0 Å². The van der Waals surface area contributed by atoms with E-state index in [2.05, 4.69) is 13.0 Å². The fourth-order valence-corrected chi connectivity index (χ4v) is 1.17. The Labute approximate surface area is 67.1 Å².